The van der Waals surface area contributed by atoms with Gasteiger partial charge in [-0.1, -0.05) is 29.3 Å². The van der Waals surface area contributed by atoms with Crippen molar-refractivity contribution < 1.29 is 5.11 Å². The first-order chi connectivity index (χ1) is 15.6. The van der Waals surface area contributed by atoms with E-state index in [9.17, 15) is 5.11 Å². The monoisotopic (exact) mass is 472 g/mol. The van der Waals surface area contributed by atoms with Crippen LogP contribution in [0.25, 0.3) is 10.9 Å². The van der Waals surface area contributed by atoms with Crippen LogP contribution in [0.4, 0.5) is 5.69 Å². The number of piperidine rings is 2. The molecule has 0 aliphatic carbocycles. The highest BCUT2D eigenvalue weighted by Crippen LogP contribution is 2.29. The molecule has 3 aromatic rings. The predicted octanol–water partition coefficient (Wildman–Crippen LogP) is 5.06. The molecule has 1 unspecified atom stereocenters. The van der Waals surface area contributed by atoms with Gasteiger partial charge in [0.1, 0.15) is 0 Å². The molecule has 0 bridgehead atoms. The van der Waals surface area contributed by atoms with Crippen molar-refractivity contribution in [2.24, 2.45) is 5.92 Å². The second kappa shape index (κ2) is 9.60. The van der Waals surface area contributed by atoms with Crippen molar-refractivity contribution in [3.63, 3.8) is 0 Å². The van der Waals surface area contributed by atoms with E-state index in [4.69, 9.17) is 23.2 Å². The molecule has 5 nitrogen and oxygen atoms in total. The van der Waals surface area contributed by atoms with Crippen molar-refractivity contribution >= 4 is 39.8 Å². The molecular formula is C25H30Cl2N4O. The standard InChI is InChI=1S/C25H30Cl2N4O/c26-21-5-3-20(24(27)12-21)16-31-25-13-23(6-4-19(25)14-28-31)29-10-7-22(8-11-29)30-9-1-2-18(15-30)17-32/h3-6,12-14,18,22,32H,1-2,7-11,15-17H2. The summed E-state index contributed by atoms with van der Waals surface area (Å²) in [6, 6.07) is 12.9. The Balaban J connectivity index is 1.29. The highest BCUT2D eigenvalue weighted by molar-refractivity contribution is 6.35. The summed E-state index contributed by atoms with van der Waals surface area (Å²) in [5.74, 6) is 0.457. The molecule has 0 amide bonds. The molecule has 0 saturated carbocycles. The maximum Gasteiger partial charge on any atom is 0.0707 e. The van der Waals surface area contributed by atoms with Crippen LogP contribution in [0.15, 0.2) is 42.6 Å². The molecule has 5 rings (SSSR count). The van der Waals surface area contributed by atoms with E-state index in [0.29, 0.717) is 35.2 Å². The fourth-order valence-electron chi connectivity index (χ4n) is 5.26. The first kappa shape index (κ1) is 22.0. The zero-order valence-corrected chi connectivity index (χ0v) is 19.8. The Labute approximate surface area is 199 Å². The van der Waals surface area contributed by atoms with Crippen molar-refractivity contribution in [2.75, 3.05) is 37.7 Å². The summed E-state index contributed by atoms with van der Waals surface area (Å²) >= 11 is 12.4. The second-order valence-electron chi connectivity index (χ2n) is 9.19. The molecule has 2 fully saturated rings. The van der Waals surface area contributed by atoms with Gasteiger partial charge in [0.05, 0.1) is 18.3 Å². The second-order valence-corrected chi connectivity index (χ2v) is 10.0. The van der Waals surface area contributed by atoms with Gasteiger partial charge in [0.25, 0.3) is 0 Å². The number of hydrogen-bond donors (Lipinski definition) is 1. The quantitative estimate of drug-likeness (QED) is 0.563. The number of aromatic nitrogens is 2. The van der Waals surface area contributed by atoms with Gasteiger partial charge in [0, 0.05) is 53.4 Å². The van der Waals surface area contributed by atoms with E-state index >= 15 is 0 Å². The molecule has 7 heteroatoms. The Morgan fingerprint density at radius 2 is 1.84 bits per heavy atom. The van der Waals surface area contributed by atoms with Gasteiger partial charge in [-0.2, -0.15) is 5.10 Å². The van der Waals surface area contributed by atoms with Crippen LogP contribution in [0.5, 0.6) is 0 Å². The van der Waals surface area contributed by atoms with E-state index in [2.05, 4.69) is 33.1 Å². The molecule has 2 saturated heterocycles. The Morgan fingerprint density at radius 1 is 1.00 bits per heavy atom. The molecule has 0 spiro atoms. The Kier molecular flexibility index (Phi) is 6.61. The van der Waals surface area contributed by atoms with Crippen LogP contribution >= 0.6 is 23.2 Å². The minimum Gasteiger partial charge on any atom is -0.396 e. The SMILES string of the molecule is OCC1CCCN(C2CCN(c3ccc4cnn(Cc5ccc(Cl)cc5Cl)c4c3)CC2)C1. The maximum atomic E-state index is 9.55. The van der Waals surface area contributed by atoms with E-state index in [0.717, 1.165) is 36.1 Å². The minimum absolute atomic E-state index is 0.324. The molecule has 3 heterocycles. The topological polar surface area (TPSA) is 44.5 Å². The van der Waals surface area contributed by atoms with Crippen molar-refractivity contribution in [3.05, 3.63) is 58.2 Å². The number of rotatable bonds is 5. The van der Waals surface area contributed by atoms with Crippen molar-refractivity contribution in [1.82, 2.24) is 14.7 Å². The van der Waals surface area contributed by atoms with Crippen LogP contribution in [0.2, 0.25) is 10.0 Å². The van der Waals surface area contributed by atoms with Crippen LogP contribution in [0.3, 0.4) is 0 Å². The van der Waals surface area contributed by atoms with Crippen LogP contribution in [0.1, 0.15) is 31.2 Å². The van der Waals surface area contributed by atoms with Crippen molar-refractivity contribution in [1.29, 1.82) is 0 Å². The van der Waals surface area contributed by atoms with Crippen LogP contribution < -0.4 is 4.90 Å². The molecule has 2 aliphatic heterocycles. The first-order valence-corrected chi connectivity index (χ1v) is 12.4. The molecule has 2 aromatic carbocycles. The van der Waals surface area contributed by atoms with Crippen LogP contribution in [-0.4, -0.2) is 58.6 Å². The molecular weight excluding hydrogens is 443 g/mol. The van der Waals surface area contributed by atoms with E-state index < -0.39 is 0 Å². The molecule has 0 radical (unpaired) electrons. The van der Waals surface area contributed by atoms with Gasteiger partial charge in [-0.3, -0.25) is 9.58 Å². The lowest BCUT2D eigenvalue weighted by Gasteiger charge is -2.42. The summed E-state index contributed by atoms with van der Waals surface area (Å²) in [5, 5.41) is 16.6. The molecule has 170 valence electrons. The maximum absolute atomic E-state index is 9.55. The van der Waals surface area contributed by atoms with E-state index in [1.807, 2.05) is 23.0 Å². The molecule has 2 aliphatic rings. The molecule has 1 N–H and O–H groups in total. The van der Waals surface area contributed by atoms with Crippen LogP contribution in [0, 0.1) is 5.92 Å². The first-order valence-electron chi connectivity index (χ1n) is 11.6. The average molecular weight is 473 g/mol. The number of aliphatic hydroxyl groups is 1. The normalized spacial score (nSPS) is 20.8. The molecule has 32 heavy (non-hydrogen) atoms. The summed E-state index contributed by atoms with van der Waals surface area (Å²) in [4.78, 5) is 5.12. The molecule has 1 aromatic heterocycles. The number of benzene rings is 2. The number of likely N-dealkylation sites (tertiary alicyclic amines) is 1. The third-order valence-electron chi connectivity index (χ3n) is 7.12. The summed E-state index contributed by atoms with van der Waals surface area (Å²) in [6.07, 6.45) is 6.65. The fourth-order valence-corrected chi connectivity index (χ4v) is 5.73. The predicted molar refractivity (Wildman–Crippen MR) is 132 cm³/mol. The van der Waals surface area contributed by atoms with Gasteiger partial charge in [0.15, 0.2) is 0 Å². The van der Waals surface area contributed by atoms with Gasteiger partial charge in [-0.25, -0.2) is 0 Å². The van der Waals surface area contributed by atoms with Gasteiger partial charge in [0.2, 0.25) is 0 Å². The van der Waals surface area contributed by atoms with Gasteiger partial charge < -0.3 is 10.0 Å². The summed E-state index contributed by atoms with van der Waals surface area (Å²) < 4.78 is 2.02. The van der Waals surface area contributed by atoms with E-state index in [1.165, 1.54) is 37.9 Å². The van der Waals surface area contributed by atoms with Crippen molar-refractivity contribution in [3.8, 4) is 0 Å². The Morgan fingerprint density at radius 3 is 2.62 bits per heavy atom. The lowest BCUT2D eigenvalue weighted by molar-refractivity contribution is 0.0778. The summed E-state index contributed by atoms with van der Waals surface area (Å²) in [5.41, 5.74) is 3.39. The van der Waals surface area contributed by atoms with Crippen LogP contribution in [-0.2, 0) is 6.54 Å². The summed E-state index contributed by atoms with van der Waals surface area (Å²) in [6.45, 7) is 5.30. The smallest absolute Gasteiger partial charge is 0.0707 e. The highest BCUT2D eigenvalue weighted by atomic mass is 35.5. The Hall–Kier alpha value is -1.79. The summed E-state index contributed by atoms with van der Waals surface area (Å²) in [7, 11) is 0. The zero-order valence-electron chi connectivity index (χ0n) is 18.3. The van der Waals surface area contributed by atoms with E-state index in [1.54, 1.807) is 6.07 Å². The number of aliphatic hydroxyl groups excluding tert-OH is 1. The molecule has 1 atom stereocenters. The fraction of sp³-hybridized carbons (Fsp3) is 0.480. The average Bonchev–Trinajstić information content (AvgIpc) is 3.23. The number of anilines is 1. The van der Waals surface area contributed by atoms with E-state index in [-0.39, 0.29) is 0 Å². The third kappa shape index (κ3) is 4.62. The lowest BCUT2D eigenvalue weighted by Crippen LogP contribution is -2.49. The van der Waals surface area contributed by atoms with Crippen molar-refractivity contribution in [2.45, 2.75) is 38.3 Å². The minimum atomic E-state index is 0.324. The Bertz CT molecular complexity index is 1080. The third-order valence-corrected chi connectivity index (χ3v) is 7.71. The highest BCUT2D eigenvalue weighted by Gasteiger charge is 2.28. The largest absolute Gasteiger partial charge is 0.396 e. The number of nitrogens with zero attached hydrogens (tertiary/aromatic N) is 4. The lowest BCUT2D eigenvalue weighted by atomic mass is 9.94. The van der Waals surface area contributed by atoms with Gasteiger partial charge in [-0.05, 0) is 74.0 Å². The van der Waals surface area contributed by atoms with Gasteiger partial charge >= 0.3 is 0 Å². The number of hydrogen-bond acceptors (Lipinski definition) is 4. The number of fused-ring (bicyclic) bond motifs is 1. The zero-order chi connectivity index (χ0) is 22.1. The number of halogens is 2. The van der Waals surface area contributed by atoms with Gasteiger partial charge in [-0.15, -0.1) is 0 Å².